The zero-order valence-electron chi connectivity index (χ0n) is 15.8. The van der Waals surface area contributed by atoms with Gasteiger partial charge in [-0.3, -0.25) is 9.36 Å². The summed E-state index contributed by atoms with van der Waals surface area (Å²) in [7, 11) is 0. The SMILES string of the molecule is Cc1nn(Cc2ccccc2)c(Cl)c1C(=O)NCc1ccc(-n2ccnc2)nc1. The number of hydrogen-bond donors (Lipinski definition) is 1. The molecule has 1 amide bonds. The summed E-state index contributed by atoms with van der Waals surface area (Å²) >= 11 is 6.45. The lowest BCUT2D eigenvalue weighted by molar-refractivity contribution is 0.0950. The molecule has 0 radical (unpaired) electrons. The van der Waals surface area contributed by atoms with Gasteiger partial charge in [0.15, 0.2) is 0 Å². The largest absolute Gasteiger partial charge is 0.348 e. The molecule has 0 aliphatic carbocycles. The Labute approximate surface area is 173 Å². The number of aryl methyl sites for hydroxylation is 1. The van der Waals surface area contributed by atoms with E-state index in [0.29, 0.717) is 29.5 Å². The number of nitrogens with one attached hydrogen (secondary N) is 1. The van der Waals surface area contributed by atoms with E-state index in [2.05, 4.69) is 20.4 Å². The van der Waals surface area contributed by atoms with Crippen LogP contribution in [0.15, 0.2) is 67.4 Å². The second-order valence-corrected chi connectivity index (χ2v) is 6.93. The first-order chi connectivity index (χ1) is 14.1. The molecular formula is C21H19ClN6O. The van der Waals surface area contributed by atoms with E-state index in [4.69, 9.17) is 11.6 Å². The number of rotatable bonds is 6. The molecule has 1 N–H and O–H groups in total. The number of pyridine rings is 1. The number of nitrogens with zero attached hydrogens (tertiary/aromatic N) is 5. The highest BCUT2D eigenvalue weighted by atomic mass is 35.5. The number of amides is 1. The van der Waals surface area contributed by atoms with Crippen molar-refractivity contribution in [2.45, 2.75) is 20.0 Å². The molecule has 1 aromatic carbocycles. The maximum absolute atomic E-state index is 12.7. The highest BCUT2D eigenvalue weighted by Gasteiger charge is 2.20. The molecule has 0 spiro atoms. The highest BCUT2D eigenvalue weighted by molar-refractivity contribution is 6.33. The van der Waals surface area contributed by atoms with Crippen LogP contribution in [0.4, 0.5) is 0 Å². The molecule has 0 fully saturated rings. The van der Waals surface area contributed by atoms with Crippen molar-refractivity contribution in [2.75, 3.05) is 0 Å². The Kier molecular flexibility index (Phi) is 5.39. The quantitative estimate of drug-likeness (QED) is 0.532. The van der Waals surface area contributed by atoms with Gasteiger partial charge in [-0.25, -0.2) is 14.6 Å². The Morgan fingerprint density at radius 2 is 1.97 bits per heavy atom. The van der Waals surface area contributed by atoms with Crippen LogP contribution in [-0.4, -0.2) is 30.2 Å². The van der Waals surface area contributed by atoms with Gasteiger partial charge in [0.05, 0.1) is 17.8 Å². The van der Waals surface area contributed by atoms with Crippen LogP contribution in [0.2, 0.25) is 5.15 Å². The molecule has 0 atom stereocenters. The average molecular weight is 407 g/mol. The third-order valence-electron chi connectivity index (χ3n) is 4.50. The van der Waals surface area contributed by atoms with Crippen LogP contribution < -0.4 is 5.32 Å². The third kappa shape index (κ3) is 4.20. The second-order valence-electron chi connectivity index (χ2n) is 6.57. The minimum Gasteiger partial charge on any atom is -0.348 e. The summed E-state index contributed by atoms with van der Waals surface area (Å²) in [5.74, 6) is 0.504. The van der Waals surface area contributed by atoms with E-state index in [1.54, 1.807) is 30.3 Å². The molecular weight excluding hydrogens is 388 g/mol. The van der Waals surface area contributed by atoms with Crippen molar-refractivity contribution in [3.05, 3.63) is 94.9 Å². The zero-order valence-corrected chi connectivity index (χ0v) is 16.5. The standard InChI is InChI=1S/C21H19ClN6O/c1-15-19(20(22)28(26-15)13-16-5-3-2-4-6-16)21(29)25-12-17-7-8-18(24-11-17)27-10-9-23-14-27/h2-11,14H,12-13H2,1H3,(H,25,29). The predicted molar refractivity (Wildman–Crippen MR) is 110 cm³/mol. The number of aromatic nitrogens is 5. The Balaban J connectivity index is 1.43. The van der Waals surface area contributed by atoms with Gasteiger partial charge < -0.3 is 5.32 Å². The van der Waals surface area contributed by atoms with E-state index < -0.39 is 0 Å². The topological polar surface area (TPSA) is 77.6 Å². The molecule has 8 heteroatoms. The summed E-state index contributed by atoms with van der Waals surface area (Å²) in [4.78, 5) is 21.1. The molecule has 29 heavy (non-hydrogen) atoms. The summed E-state index contributed by atoms with van der Waals surface area (Å²) in [5.41, 5.74) is 2.93. The van der Waals surface area contributed by atoms with E-state index in [1.807, 2.05) is 53.2 Å². The number of carbonyl (C=O) groups is 1. The average Bonchev–Trinajstić information content (AvgIpc) is 3.36. The number of carbonyl (C=O) groups excluding carboxylic acids is 1. The maximum atomic E-state index is 12.7. The van der Waals surface area contributed by atoms with E-state index in [1.165, 1.54) is 0 Å². The van der Waals surface area contributed by atoms with Gasteiger partial charge in [-0.15, -0.1) is 0 Å². The molecule has 4 rings (SSSR count). The van der Waals surface area contributed by atoms with E-state index in [0.717, 1.165) is 16.9 Å². The smallest absolute Gasteiger partial charge is 0.256 e. The van der Waals surface area contributed by atoms with Crippen molar-refractivity contribution in [3.63, 3.8) is 0 Å². The van der Waals surface area contributed by atoms with E-state index in [-0.39, 0.29) is 5.91 Å². The molecule has 4 aromatic rings. The van der Waals surface area contributed by atoms with Crippen LogP contribution in [0, 0.1) is 6.92 Å². The lowest BCUT2D eigenvalue weighted by Gasteiger charge is -2.07. The molecule has 3 heterocycles. The van der Waals surface area contributed by atoms with Crippen LogP contribution in [-0.2, 0) is 13.1 Å². The normalized spacial score (nSPS) is 10.8. The number of halogens is 1. The van der Waals surface area contributed by atoms with Gasteiger partial charge >= 0.3 is 0 Å². The Morgan fingerprint density at radius 1 is 1.14 bits per heavy atom. The van der Waals surface area contributed by atoms with Gasteiger partial charge in [-0.1, -0.05) is 48.0 Å². The fourth-order valence-corrected chi connectivity index (χ4v) is 3.33. The van der Waals surface area contributed by atoms with Gasteiger partial charge in [0, 0.05) is 25.1 Å². The van der Waals surface area contributed by atoms with Crippen molar-refractivity contribution in [3.8, 4) is 5.82 Å². The summed E-state index contributed by atoms with van der Waals surface area (Å²) in [6, 6.07) is 13.6. The monoisotopic (exact) mass is 406 g/mol. The lowest BCUT2D eigenvalue weighted by Crippen LogP contribution is -2.23. The molecule has 0 unspecified atom stereocenters. The summed E-state index contributed by atoms with van der Waals surface area (Å²) in [6.45, 7) is 2.63. The van der Waals surface area contributed by atoms with Crippen LogP contribution in [0.5, 0.6) is 0 Å². The van der Waals surface area contributed by atoms with Crippen LogP contribution >= 0.6 is 11.6 Å². The first kappa shape index (κ1) is 18.9. The second kappa shape index (κ2) is 8.28. The molecule has 0 saturated carbocycles. The van der Waals surface area contributed by atoms with Crippen LogP contribution in [0.1, 0.15) is 27.2 Å². The van der Waals surface area contributed by atoms with Crippen LogP contribution in [0.25, 0.3) is 5.82 Å². The molecule has 0 saturated heterocycles. The summed E-state index contributed by atoms with van der Waals surface area (Å²) in [6.07, 6.45) is 6.92. The Hall–Kier alpha value is -3.45. The van der Waals surface area contributed by atoms with Crippen molar-refractivity contribution < 1.29 is 4.79 Å². The fourth-order valence-electron chi connectivity index (χ4n) is 3.01. The van der Waals surface area contributed by atoms with Gasteiger partial charge in [-0.2, -0.15) is 5.10 Å². The predicted octanol–water partition coefficient (Wildman–Crippen LogP) is 3.40. The van der Waals surface area contributed by atoms with Gasteiger partial charge in [-0.05, 0) is 24.1 Å². The molecule has 7 nitrogen and oxygen atoms in total. The first-order valence-electron chi connectivity index (χ1n) is 9.10. The van der Waals surface area contributed by atoms with Gasteiger partial charge in [0.2, 0.25) is 0 Å². The number of imidazole rings is 1. The minimum atomic E-state index is -0.259. The van der Waals surface area contributed by atoms with Gasteiger partial charge in [0.25, 0.3) is 5.91 Å². The van der Waals surface area contributed by atoms with Crippen molar-refractivity contribution in [1.82, 2.24) is 29.6 Å². The van der Waals surface area contributed by atoms with Crippen molar-refractivity contribution in [1.29, 1.82) is 0 Å². The lowest BCUT2D eigenvalue weighted by atomic mass is 10.2. The van der Waals surface area contributed by atoms with Crippen molar-refractivity contribution in [2.24, 2.45) is 0 Å². The zero-order chi connectivity index (χ0) is 20.2. The van der Waals surface area contributed by atoms with Gasteiger partial charge in [0.1, 0.15) is 17.3 Å². The van der Waals surface area contributed by atoms with E-state index >= 15 is 0 Å². The molecule has 146 valence electrons. The van der Waals surface area contributed by atoms with Crippen LogP contribution in [0.3, 0.4) is 0 Å². The maximum Gasteiger partial charge on any atom is 0.256 e. The number of benzene rings is 1. The third-order valence-corrected chi connectivity index (χ3v) is 4.88. The first-order valence-corrected chi connectivity index (χ1v) is 9.48. The highest BCUT2D eigenvalue weighted by Crippen LogP contribution is 2.21. The van der Waals surface area contributed by atoms with Crippen molar-refractivity contribution >= 4 is 17.5 Å². The Bertz CT molecular complexity index is 1100. The molecule has 0 aliphatic heterocycles. The summed E-state index contributed by atoms with van der Waals surface area (Å²) in [5, 5.41) is 7.65. The molecule has 3 aromatic heterocycles. The van der Waals surface area contributed by atoms with E-state index in [9.17, 15) is 4.79 Å². The fraction of sp³-hybridized carbons (Fsp3) is 0.143. The minimum absolute atomic E-state index is 0.259. The molecule has 0 aliphatic rings. The molecule has 0 bridgehead atoms. The number of hydrogen-bond acceptors (Lipinski definition) is 4. The Morgan fingerprint density at radius 3 is 2.66 bits per heavy atom. The summed E-state index contributed by atoms with van der Waals surface area (Å²) < 4.78 is 3.45.